The van der Waals surface area contributed by atoms with E-state index in [0.717, 1.165) is 0 Å². The van der Waals surface area contributed by atoms with Crippen molar-refractivity contribution >= 4 is 26.2 Å². The van der Waals surface area contributed by atoms with Crippen molar-refractivity contribution in [2.75, 3.05) is 0 Å². The minimum atomic E-state index is -5.83. The molecule has 0 spiro atoms. The molecule has 2 rings (SSSR count). The van der Waals surface area contributed by atoms with Crippen molar-refractivity contribution < 1.29 is 147 Å². The Balaban J connectivity index is -0.00000121. The van der Waals surface area contributed by atoms with E-state index >= 15 is 0 Å². The summed E-state index contributed by atoms with van der Waals surface area (Å²) in [6.45, 7) is -0.250. The number of nitrogens with zero attached hydrogens (tertiary/aromatic N) is 2. The molecule has 0 fully saturated rings. The van der Waals surface area contributed by atoms with Crippen molar-refractivity contribution in [1.82, 2.24) is 9.55 Å². The van der Waals surface area contributed by atoms with E-state index in [1.807, 2.05) is 0 Å². The van der Waals surface area contributed by atoms with Crippen molar-refractivity contribution in [2.45, 2.75) is 18.0 Å². The van der Waals surface area contributed by atoms with Gasteiger partial charge in [0.25, 0.3) is 0 Å². The van der Waals surface area contributed by atoms with Crippen LogP contribution in [0.4, 0.5) is 0 Å². The molecule has 0 atom stereocenters. The van der Waals surface area contributed by atoms with Crippen LogP contribution in [-0.4, -0.2) is 14.6 Å². The zero-order valence-corrected chi connectivity index (χ0v) is 24.4. The van der Waals surface area contributed by atoms with Crippen molar-refractivity contribution in [3.8, 4) is 0 Å². The second-order valence-corrected chi connectivity index (χ2v) is 8.49. The number of fused-ring (bicyclic) bond motifs is 1. The number of para-hydroxylation sites is 2. The van der Waals surface area contributed by atoms with Gasteiger partial charge in [0.2, 0.25) is 0 Å². The molecule has 0 aliphatic heterocycles. The van der Waals surface area contributed by atoms with Gasteiger partial charge >= 0.3 is 118 Å². The molecule has 2 N–H and O–H groups in total. The van der Waals surface area contributed by atoms with E-state index in [-0.39, 0.29) is 125 Å². The summed E-state index contributed by atoms with van der Waals surface area (Å²) in [5.74, 6) is 0. The summed E-state index contributed by atoms with van der Waals surface area (Å²) in [6.07, 6.45) is 0.494. The van der Waals surface area contributed by atoms with Crippen LogP contribution in [0.5, 0.6) is 0 Å². The Morgan fingerprint density at radius 1 is 1.00 bits per heavy atom. The maximum absolute atomic E-state index is 11.1. The minimum Gasteiger partial charge on any atom is -0.809 e. The molecule has 0 radical (unpaired) electrons. The van der Waals surface area contributed by atoms with Gasteiger partial charge in [0, 0.05) is 6.54 Å². The van der Waals surface area contributed by atoms with E-state index in [4.69, 9.17) is 5.73 Å². The molecule has 0 saturated heterocycles. The summed E-state index contributed by atoms with van der Waals surface area (Å²) < 4.78 is 23.6. The van der Waals surface area contributed by atoms with E-state index in [1.165, 1.54) is 10.9 Å². The van der Waals surface area contributed by atoms with Gasteiger partial charge in [-0.3, -0.25) is 0 Å². The summed E-state index contributed by atoms with van der Waals surface area (Å²) in [7, 11) is -11.7. The number of imidazole rings is 1. The fourth-order valence-electron chi connectivity index (χ4n) is 1.90. The molecule has 15 heteroatoms. The topological polar surface area (TPSA) is 170 Å². The van der Waals surface area contributed by atoms with E-state index in [1.54, 1.807) is 24.3 Å². The predicted molar refractivity (Wildman–Crippen MR) is 66.5 cm³/mol. The summed E-state index contributed by atoms with van der Waals surface area (Å²) in [5, 5.41) is -3.36. The van der Waals surface area contributed by atoms with E-state index in [9.17, 15) is 28.7 Å². The molecule has 0 bridgehead atoms. The van der Waals surface area contributed by atoms with Gasteiger partial charge in [-0.15, -0.1) is 0 Å². The second-order valence-electron chi connectivity index (χ2n) is 4.55. The summed E-state index contributed by atoms with van der Waals surface area (Å²) in [5.41, 5.74) is 6.30. The van der Waals surface area contributed by atoms with E-state index in [0.29, 0.717) is 11.0 Å². The fraction of sp³-hybridized carbons (Fsp3) is 0.300. The second kappa shape index (κ2) is 12.6. The van der Waals surface area contributed by atoms with Crippen LogP contribution in [0, 0.1) is 0 Å². The number of hydrogen-bond acceptors (Lipinski definition) is 8. The first-order chi connectivity index (χ1) is 9.56. The van der Waals surface area contributed by atoms with Crippen LogP contribution in [0.25, 0.3) is 11.0 Å². The number of aromatic nitrogens is 2. The number of hydrogen-bond donors (Lipinski definition) is 1. The van der Waals surface area contributed by atoms with Crippen LogP contribution in [0.1, 0.15) is 6.42 Å². The Kier molecular flexibility index (Phi) is 16.4. The van der Waals surface area contributed by atoms with Gasteiger partial charge in [-0.25, -0.2) is 4.98 Å². The standard InChI is InChI=1S/C10H15N3O6P2.4Na/c11-10(20(14,15)16,21(17,18)19)5-6-13-7-12-8-3-1-2-4-9(8)13;;;;/h1-4,7H,5-6,11H2,(H2,14,15,16)(H2,17,18,19);;;;/q;4*+1/p-4. The fourth-order valence-corrected chi connectivity index (χ4v) is 3.85. The van der Waals surface area contributed by atoms with Crippen molar-refractivity contribution in [1.29, 1.82) is 0 Å². The molecular formula is C10H11N3Na4O6P2. The van der Waals surface area contributed by atoms with Crippen molar-refractivity contribution in [2.24, 2.45) is 5.73 Å². The average Bonchev–Trinajstić information content (AvgIpc) is 2.76. The number of rotatable bonds is 5. The number of benzene rings is 1. The number of nitrogens with two attached hydrogens (primary N) is 1. The Morgan fingerprint density at radius 3 is 1.96 bits per heavy atom. The molecule has 0 aliphatic carbocycles. The number of aryl methyl sites for hydroxylation is 1. The molecule has 1 aromatic heterocycles. The third-order valence-electron chi connectivity index (χ3n) is 3.20. The molecule has 2 aromatic rings. The zero-order chi connectivity index (χ0) is 15.9. The van der Waals surface area contributed by atoms with Crippen LogP contribution in [-0.2, 0) is 15.7 Å². The Hall–Kier alpha value is 2.95. The van der Waals surface area contributed by atoms with Crippen LogP contribution in [0.2, 0.25) is 0 Å². The van der Waals surface area contributed by atoms with Crippen LogP contribution in [0.15, 0.2) is 30.6 Å². The van der Waals surface area contributed by atoms with E-state index in [2.05, 4.69) is 4.98 Å². The first-order valence-corrected chi connectivity index (χ1v) is 8.88. The molecule has 0 saturated carbocycles. The molecule has 116 valence electrons. The molecule has 9 nitrogen and oxygen atoms in total. The Bertz CT molecular complexity index is 742. The van der Waals surface area contributed by atoms with E-state index < -0.39 is 26.6 Å². The minimum absolute atomic E-state index is 0. The first-order valence-electron chi connectivity index (χ1n) is 5.79. The van der Waals surface area contributed by atoms with Gasteiger partial charge in [-0.1, -0.05) is 12.1 Å². The quantitative estimate of drug-likeness (QED) is 0.365. The van der Waals surface area contributed by atoms with Gasteiger partial charge < -0.3 is 39.0 Å². The molecule has 1 aromatic carbocycles. The summed E-state index contributed by atoms with van der Waals surface area (Å²) in [4.78, 5) is 48.3. The van der Waals surface area contributed by atoms with Crippen LogP contribution in [0.3, 0.4) is 0 Å². The third-order valence-corrected chi connectivity index (χ3v) is 7.01. The van der Waals surface area contributed by atoms with Gasteiger partial charge in [0.15, 0.2) is 0 Å². The SMILES string of the molecule is NC(CCn1cnc2ccccc21)(P(=O)([O-])[O-])P(=O)([O-])[O-].[Na+].[Na+].[Na+].[Na+]. The van der Waals surface area contributed by atoms with Crippen LogP contribution < -0.4 is 144 Å². The normalized spacial score (nSPS) is 11.6. The van der Waals surface area contributed by atoms with Crippen molar-refractivity contribution in [3.63, 3.8) is 0 Å². The maximum atomic E-state index is 11.1. The van der Waals surface area contributed by atoms with Gasteiger partial charge in [-0.2, -0.15) is 0 Å². The third kappa shape index (κ3) is 7.61. The maximum Gasteiger partial charge on any atom is 1.00 e. The summed E-state index contributed by atoms with van der Waals surface area (Å²) in [6, 6.07) is 6.80. The monoisotopic (exact) mass is 423 g/mol. The molecule has 25 heavy (non-hydrogen) atoms. The smallest absolute Gasteiger partial charge is 0.809 e. The molecule has 0 aliphatic rings. The zero-order valence-electron chi connectivity index (χ0n) is 14.6. The Morgan fingerprint density at radius 2 is 1.48 bits per heavy atom. The summed E-state index contributed by atoms with van der Waals surface area (Å²) >= 11 is 0. The average molecular weight is 423 g/mol. The van der Waals surface area contributed by atoms with Gasteiger partial charge in [-0.05, 0) is 33.7 Å². The predicted octanol–water partition coefficient (Wildman–Crippen LogP) is -14.1. The van der Waals surface area contributed by atoms with Gasteiger partial charge in [0.05, 0.1) is 22.4 Å². The molecular weight excluding hydrogens is 412 g/mol. The van der Waals surface area contributed by atoms with Crippen molar-refractivity contribution in [3.05, 3.63) is 30.6 Å². The molecule has 0 amide bonds. The van der Waals surface area contributed by atoms with Crippen LogP contribution >= 0.6 is 15.2 Å². The molecule has 1 heterocycles. The van der Waals surface area contributed by atoms with Gasteiger partial charge in [0.1, 0.15) is 0 Å². The largest absolute Gasteiger partial charge is 1.00 e. The Labute approximate surface area is 233 Å². The first kappa shape index (κ1) is 32.6. The molecule has 0 unspecified atom stereocenters.